The zero-order chi connectivity index (χ0) is 10.3. The Bertz CT molecular complexity index is 444. The molecule has 2 aromatic rings. The number of nitrogens with zero attached hydrogens (tertiary/aromatic N) is 2. The van der Waals surface area contributed by atoms with E-state index in [9.17, 15) is 0 Å². The van der Waals surface area contributed by atoms with Crippen LogP contribution in [0.5, 0.6) is 0 Å². The van der Waals surface area contributed by atoms with E-state index >= 15 is 0 Å². The van der Waals surface area contributed by atoms with E-state index in [2.05, 4.69) is 15.6 Å². The Kier molecular flexibility index (Phi) is 1.83. The van der Waals surface area contributed by atoms with Gasteiger partial charge in [0.2, 0.25) is 0 Å². The predicted molar refractivity (Wildman–Crippen MR) is 59.8 cm³/mol. The van der Waals surface area contributed by atoms with Crippen molar-refractivity contribution in [3.8, 4) is 0 Å². The van der Waals surface area contributed by atoms with Crippen LogP contribution in [0.1, 0.15) is 25.0 Å². The Morgan fingerprint density at radius 3 is 2.87 bits per heavy atom. The third-order valence-electron chi connectivity index (χ3n) is 3.61. The van der Waals surface area contributed by atoms with Gasteiger partial charge in [-0.1, -0.05) is 12.5 Å². The topological polar surface area (TPSA) is 43.3 Å². The van der Waals surface area contributed by atoms with Crippen LogP contribution in [0.3, 0.4) is 0 Å². The van der Waals surface area contributed by atoms with E-state index in [1.165, 1.54) is 25.0 Å². The highest BCUT2D eigenvalue weighted by Crippen LogP contribution is 2.42. The SMILES string of the molecule is NCC1(c2cn3ccccc3n2)CCC1. The molecular formula is C12H15N3. The number of pyridine rings is 1. The summed E-state index contributed by atoms with van der Waals surface area (Å²) in [5, 5.41) is 0. The van der Waals surface area contributed by atoms with Gasteiger partial charge < -0.3 is 10.1 Å². The summed E-state index contributed by atoms with van der Waals surface area (Å²) < 4.78 is 2.07. The van der Waals surface area contributed by atoms with Crippen molar-refractivity contribution in [2.75, 3.05) is 6.54 Å². The molecule has 1 saturated carbocycles. The lowest BCUT2D eigenvalue weighted by atomic mass is 9.67. The quantitative estimate of drug-likeness (QED) is 0.804. The van der Waals surface area contributed by atoms with Gasteiger partial charge in [-0.05, 0) is 25.0 Å². The van der Waals surface area contributed by atoms with Gasteiger partial charge >= 0.3 is 0 Å². The zero-order valence-electron chi connectivity index (χ0n) is 8.69. The molecule has 0 unspecified atom stereocenters. The third kappa shape index (κ3) is 1.20. The molecule has 3 nitrogen and oxygen atoms in total. The molecular weight excluding hydrogens is 186 g/mol. The van der Waals surface area contributed by atoms with E-state index in [1.54, 1.807) is 0 Å². The smallest absolute Gasteiger partial charge is 0.136 e. The summed E-state index contributed by atoms with van der Waals surface area (Å²) in [5.74, 6) is 0. The van der Waals surface area contributed by atoms with Crippen LogP contribution in [0.4, 0.5) is 0 Å². The first kappa shape index (κ1) is 8.92. The standard InChI is InChI=1S/C12H15N3/c13-9-12(5-3-6-12)10-8-15-7-2-1-4-11(15)14-10/h1-2,4,7-8H,3,5-6,9,13H2. The van der Waals surface area contributed by atoms with E-state index in [0.29, 0.717) is 0 Å². The van der Waals surface area contributed by atoms with E-state index in [0.717, 1.165) is 12.2 Å². The molecule has 1 aliphatic carbocycles. The molecule has 0 aliphatic heterocycles. The monoisotopic (exact) mass is 201 g/mol. The van der Waals surface area contributed by atoms with Crippen LogP contribution < -0.4 is 5.73 Å². The van der Waals surface area contributed by atoms with Crippen LogP contribution in [0.25, 0.3) is 5.65 Å². The number of aromatic nitrogens is 2. The van der Waals surface area contributed by atoms with Crippen molar-refractivity contribution >= 4 is 5.65 Å². The molecule has 78 valence electrons. The second kappa shape index (κ2) is 3.07. The summed E-state index contributed by atoms with van der Waals surface area (Å²) in [5.41, 5.74) is 8.24. The van der Waals surface area contributed by atoms with Crippen LogP contribution in [-0.4, -0.2) is 15.9 Å². The van der Waals surface area contributed by atoms with Gasteiger partial charge in [-0.3, -0.25) is 0 Å². The third-order valence-corrected chi connectivity index (χ3v) is 3.61. The molecule has 15 heavy (non-hydrogen) atoms. The molecule has 2 heterocycles. The molecule has 0 amide bonds. The number of imidazole rings is 1. The normalized spacial score (nSPS) is 19.0. The molecule has 0 atom stereocenters. The van der Waals surface area contributed by atoms with Crippen molar-refractivity contribution in [1.29, 1.82) is 0 Å². The Morgan fingerprint density at radius 1 is 1.40 bits per heavy atom. The number of rotatable bonds is 2. The predicted octanol–water partition coefficient (Wildman–Crippen LogP) is 1.71. The zero-order valence-corrected chi connectivity index (χ0v) is 8.69. The first-order valence-corrected chi connectivity index (χ1v) is 5.48. The highest BCUT2D eigenvalue weighted by molar-refractivity contribution is 5.41. The molecule has 3 rings (SSSR count). The second-order valence-corrected chi connectivity index (χ2v) is 4.43. The average molecular weight is 201 g/mol. The Labute approximate surface area is 88.9 Å². The van der Waals surface area contributed by atoms with Crippen molar-refractivity contribution in [3.63, 3.8) is 0 Å². The van der Waals surface area contributed by atoms with Gasteiger partial charge in [-0.2, -0.15) is 0 Å². The van der Waals surface area contributed by atoms with Crippen LogP contribution in [0.15, 0.2) is 30.6 Å². The highest BCUT2D eigenvalue weighted by atomic mass is 15.0. The molecule has 0 bridgehead atoms. The second-order valence-electron chi connectivity index (χ2n) is 4.43. The number of nitrogens with two attached hydrogens (primary N) is 1. The molecule has 2 N–H and O–H groups in total. The highest BCUT2D eigenvalue weighted by Gasteiger charge is 2.39. The summed E-state index contributed by atoms with van der Waals surface area (Å²) in [7, 11) is 0. The average Bonchev–Trinajstić information content (AvgIpc) is 2.60. The summed E-state index contributed by atoms with van der Waals surface area (Å²) in [6.07, 6.45) is 7.82. The fraction of sp³-hybridized carbons (Fsp3) is 0.417. The van der Waals surface area contributed by atoms with Gasteiger partial charge in [-0.25, -0.2) is 4.98 Å². The lowest BCUT2D eigenvalue weighted by Gasteiger charge is -2.39. The fourth-order valence-corrected chi connectivity index (χ4v) is 2.36. The van der Waals surface area contributed by atoms with E-state index < -0.39 is 0 Å². The van der Waals surface area contributed by atoms with E-state index in [4.69, 9.17) is 5.73 Å². The Hall–Kier alpha value is -1.35. The van der Waals surface area contributed by atoms with Crippen molar-refractivity contribution in [1.82, 2.24) is 9.38 Å². The molecule has 1 fully saturated rings. The molecule has 0 radical (unpaired) electrons. The van der Waals surface area contributed by atoms with E-state index in [1.807, 2.05) is 24.4 Å². The summed E-state index contributed by atoms with van der Waals surface area (Å²) >= 11 is 0. The minimum Gasteiger partial charge on any atom is -0.330 e. The van der Waals surface area contributed by atoms with Gasteiger partial charge in [0.15, 0.2) is 0 Å². The molecule has 0 saturated heterocycles. The first-order chi connectivity index (χ1) is 7.34. The van der Waals surface area contributed by atoms with Gasteiger partial charge in [0, 0.05) is 24.4 Å². The number of hydrogen-bond donors (Lipinski definition) is 1. The molecule has 0 aromatic carbocycles. The van der Waals surface area contributed by atoms with Crippen LogP contribution in [0.2, 0.25) is 0 Å². The van der Waals surface area contributed by atoms with Crippen molar-refractivity contribution in [3.05, 3.63) is 36.3 Å². The van der Waals surface area contributed by atoms with Crippen molar-refractivity contribution in [2.24, 2.45) is 5.73 Å². The summed E-state index contributed by atoms with van der Waals surface area (Å²) in [6, 6.07) is 6.07. The van der Waals surface area contributed by atoms with Gasteiger partial charge in [0.25, 0.3) is 0 Å². The Balaban J connectivity index is 2.11. The minimum atomic E-state index is 0.173. The van der Waals surface area contributed by atoms with Gasteiger partial charge in [0.1, 0.15) is 5.65 Å². The maximum Gasteiger partial charge on any atom is 0.136 e. The molecule has 2 aromatic heterocycles. The fourth-order valence-electron chi connectivity index (χ4n) is 2.36. The summed E-state index contributed by atoms with van der Waals surface area (Å²) in [4.78, 5) is 4.66. The van der Waals surface area contributed by atoms with Gasteiger partial charge in [0.05, 0.1) is 5.69 Å². The number of hydrogen-bond acceptors (Lipinski definition) is 2. The van der Waals surface area contributed by atoms with Crippen LogP contribution >= 0.6 is 0 Å². The summed E-state index contributed by atoms with van der Waals surface area (Å²) in [6.45, 7) is 0.719. The first-order valence-electron chi connectivity index (χ1n) is 5.48. The van der Waals surface area contributed by atoms with Gasteiger partial charge in [-0.15, -0.1) is 0 Å². The largest absolute Gasteiger partial charge is 0.330 e. The van der Waals surface area contributed by atoms with Crippen LogP contribution in [-0.2, 0) is 5.41 Å². The van der Waals surface area contributed by atoms with Crippen molar-refractivity contribution in [2.45, 2.75) is 24.7 Å². The molecule has 0 spiro atoms. The van der Waals surface area contributed by atoms with E-state index in [-0.39, 0.29) is 5.41 Å². The van der Waals surface area contributed by atoms with Crippen LogP contribution in [0, 0.1) is 0 Å². The lowest BCUT2D eigenvalue weighted by Crippen LogP contribution is -2.41. The lowest BCUT2D eigenvalue weighted by molar-refractivity contribution is 0.247. The minimum absolute atomic E-state index is 0.173. The van der Waals surface area contributed by atoms with Crippen molar-refractivity contribution < 1.29 is 0 Å². The maximum absolute atomic E-state index is 5.87. The number of fused-ring (bicyclic) bond motifs is 1. The maximum atomic E-state index is 5.87. The Morgan fingerprint density at radius 2 is 2.27 bits per heavy atom. The molecule has 3 heteroatoms. The molecule has 1 aliphatic rings.